The summed E-state index contributed by atoms with van der Waals surface area (Å²) in [6.07, 6.45) is 0. The normalized spacial score (nSPS) is 10.1. The molecule has 0 fully saturated rings. The van der Waals surface area contributed by atoms with Gasteiger partial charge in [-0.2, -0.15) is 10.5 Å². The SMILES string of the molecule is CC(C)(C#N)C(=O)Nc1ccc(C#N)cc1[N+](=O)[O-]. The van der Waals surface area contributed by atoms with E-state index in [0.717, 1.165) is 6.07 Å². The molecule has 0 radical (unpaired) electrons. The van der Waals surface area contributed by atoms with Crippen molar-refractivity contribution in [3.8, 4) is 12.1 Å². The average molecular weight is 258 g/mol. The summed E-state index contributed by atoms with van der Waals surface area (Å²) < 4.78 is 0. The van der Waals surface area contributed by atoms with Gasteiger partial charge < -0.3 is 5.32 Å². The van der Waals surface area contributed by atoms with E-state index in [2.05, 4.69) is 5.32 Å². The molecule has 0 aromatic heterocycles. The van der Waals surface area contributed by atoms with Gasteiger partial charge in [0, 0.05) is 6.07 Å². The predicted molar refractivity (Wildman–Crippen MR) is 65.8 cm³/mol. The fourth-order valence-corrected chi connectivity index (χ4v) is 1.19. The van der Waals surface area contributed by atoms with Gasteiger partial charge in [0.15, 0.2) is 0 Å². The zero-order valence-corrected chi connectivity index (χ0v) is 10.3. The van der Waals surface area contributed by atoms with Gasteiger partial charge in [-0.25, -0.2) is 0 Å². The predicted octanol–water partition coefficient (Wildman–Crippen LogP) is 1.95. The van der Waals surface area contributed by atoms with E-state index in [-0.39, 0.29) is 16.9 Å². The van der Waals surface area contributed by atoms with E-state index < -0.39 is 16.2 Å². The van der Waals surface area contributed by atoms with E-state index in [4.69, 9.17) is 10.5 Å². The zero-order chi connectivity index (χ0) is 14.6. The molecule has 0 saturated heterocycles. The van der Waals surface area contributed by atoms with Crippen molar-refractivity contribution >= 4 is 17.3 Å². The molecule has 0 heterocycles. The number of carbonyl (C=O) groups excluding carboxylic acids is 1. The van der Waals surface area contributed by atoms with Gasteiger partial charge in [0.05, 0.1) is 22.6 Å². The number of benzene rings is 1. The first kappa shape index (κ1) is 14.1. The number of carbonyl (C=O) groups is 1. The highest BCUT2D eigenvalue weighted by Gasteiger charge is 2.29. The Labute approximate surface area is 109 Å². The molecule has 0 atom stereocenters. The monoisotopic (exact) mass is 258 g/mol. The van der Waals surface area contributed by atoms with Crippen LogP contribution in [0.5, 0.6) is 0 Å². The average Bonchev–Trinajstić information content (AvgIpc) is 2.38. The van der Waals surface area contributed by atoms with Crippen molar-refractivity contribution in [2.45, 2.75) is 13.8 Å². The first-order chi connectivity index (χ1) is 8.81. The Morgan fingerprint density at radius 3 is 2.53 bits per heavy atom. The van der Waals surface area contributed by atoms with Crippen molar-refractivity contribution in [2.75, 3.05) is 5.32 Å². The molecule has 1 aromatic carbocycles. The van der Waals surface area contributed by atoms with Crippen LogP contribution in [-0.2, 0) is 4.79 Å². The summed E-state index contributed by atoms with van der Waals surface area (Å²) in [4.78, 5) is 21.9. The van der Waals surface area contributed by atoms with Crippen LogP contribution in [0.1, 0.15) is 19.4 Å². The first-order valence-electron chi connectivity index (χ1n) is 5.23. The Morgan fingerprint density at radius 2 is 2.05 bits per heavy atom. The highest BCUT2D eigenvalue weighted by molar-refractivity contribution is 5.98. The third-order valence-electron chi connectivity index (χ3n) is 2.42. The molecule has 0 spiro atoms. The van der Waals surface area contributed by atoms with Gasteiger partial charge >= 0.3 is 0 Å². The fraction of sp³-hybridized carbons (Fsp3) is 0.250. The van der Waals surface area contributed by atoms with E-state index in [1.54, 1.807) is 12.1 Å². The number of hydrogen-bond donors (Lipinski definition) is 1. The molecule has 7 nitrogen and oxygen atoms in total. The molecule has 19 heavy (non-hydrogen) atoms. The van der Waals surface area contributed by atoms with E-state index in [1.165, 1.54) is 26.0 Å². The van der Waals surface area contributed by atoms with Crippen LogP contribution in [0, 0.1) is 38.2 Å². The standard InChI is InChI=1S/C12H10N4O3/c1-12(2,7-14)11(17)15-9-4-3-8(6-13)5-10(9)16(18)19/h3-5H,1-2H3,(H,15,17). The molecule has 1 N–H and O–H groups in total. The van der Waals surface area contributed by atoms with E-state index in [9.17, 15) is 14.9 Å². The van der Waals surface area contributed by atoms with Crippen molar-refractivity contribution in [3.63, 3.8) is 0 Å². The number of rotatable bonds is 3. The van der Waals surface area contributed by atoms with Gasteiger partial charge in [-0.3, -0.25) is 14.9 Å². The molecular weight excluding hydrogens is 248 g/mol. The van der Waals surface area contributed by atoms with Gasteiger partial charge in [0.25, 0.3) is 5.69 Å². The summed E-state index contributed by atoms with van der Waals surface area (Å²) in [6, 6.07) is 7.25. The topological polar surface area (TPSA) is 120 Å². The Balaban J connectivity index is 3.17. The lowest BCUT2D eigenvalue weighted by molar-refractivity contribution is -0.384. The highest BCUT2D eigenvalue weighted by atomic mass is 16.6. The Bertz CT molecular complexity index is 623. The van der Waals surface area contributed by atoms with Crippen molar-refractivity contribution in [3.05, 3.63) is 33.9 Å². The third kappa shape index (κ3) is 3.05. The molecule has 0 unspecified atom stereocenters. The summed E-state index contributed by atoms with van der Waals surface area (Å²) in [7, 11) is 0. The second kappa shape index (κ2) is 5.15. The van der Waals surface area contributed by atoms with Crippen LogP contribution in [0.4, 0.5) is 11.4 Å². The number of nitrogens with zero attached hydrogens (tertiary/aromatic N) is 3. The van der Waals surface area contributed by atoms with Gasteiger partial charge in [0.1, 0.15) is 11.1 Å². The maximum absolute atomic E-state index is 11.8. The van der Waals surface area contributed by atoms with Crippen LogP contribution in [0.3, 0.4) is 0 Å². The number of hydrogen-bond acceptors (Lipinski definition) is 5. The maximum atomic E-state index is 11.8. The molecule has 7 heteroatoms. The summed E-state index contributed by atoms with van der Waals surface area (Å²) in [6.45, 7) is 2.80. The van der Waals surface area contributed by atoms with Crippen molar-refractivity contribution in [1.82, 2.24) is 0 Å². The van der Waals surface area contributed by atoms with Gasteiger partial charge in [-0.1, -0.05) is 0 Å². The van der Waals surface area contributed by atoms with Gasteiger partial charge in [-0.15, -0.1) is 0 Å². The molecule has 1 amide bonds. The number of anilines is 1. The lowest BCUT2D eigenvalue weighted by Gasteiger charge is -2.14. The van der Waals surface area contributed by atoms with Crippen LogP contribution in [0.15, 0.2) is 18.2 Å². The Hall–Kier alpha value is -2.93. The van der Waals surface area contributed by atoms with Crippen molar-refractivity contribution in [1.29, 1.82) is 10.5 Å². The fourth-order valence-electron chi connectivity index (χ4n) is 1.19. The Kier molecular flexibility index (Phi) is 3.83. The van der Waals surface area contributed by atoms with Crippen LogP contribution in [0.2, 0.25) is 0 Å². The van der Waals surface area contributed by atoms with Crippen molar-refractivity contribution < 1.29 is 9.72 Å². The molecule has 0 aliphatic heterocycles. The second-order valence-electron chi connectivity index (χ2n) is 4.29. The minimum atomic E-state index is -1.30. The van der Waals surface area contributed by atoms with Crippen LogP contribution in [-0.4, -0.2) is 10.8 Å². The number of amides is 1. The lowest BCUT2D eigenvalue weighted by atomic mass is 9.94. The third-order valence-corrected chi connectivity index (χ3v) is 2.42. The van der Waals surface area contributed by atoms with E-state index in [1.807, 2.05) is 0 Å². The quantitative estimate of drug-likeness (QED) is 0.656. The maximum Gasteiger partial charge on any atom is 0.294 e. The molecule has 0 bridgehead atoms. The highest BCUT2D eigenvalue weighted by Crippen LogP contribution is 2.27. The lowest BCUT2D eigenvalue weighted by Crippen LogP contribution is -2.29. The van der Waals surface area contributed by atoms with Gasteiger partial charge in [-0.05, 0) is 26.0 Å². The number of nitrogens with one attached hydrogen (secondary N) is 1. The van der Waals surface area contributed by atoms with Crippen LogP contribution < -0.4 is 5.32 Å². The van der Waals surface area contributed by atoms with Crippen molar-refractivity contribution in [2.24, 2.45) is 5.41 Å². The van der Waals surface area contributed by atoms with Crippen LogP contribution in [0.25, 0.3) is 0 Å². The molecular formula is C12H10N4O3. The summed E-state index contributed by atoms with van der Waals surface area (Å²) >= 11 is 0. The molecule has 0 aliphatic carbocycles. The summed E-state index contributed by atoms with van der Waals surface area (Å²) in [5.41, 5.74) is -1.62. The smallest absolute Gasteiger partial charge is 0.294 e. The minimum absolute atomic E-state index is 0.0441. The van der Waals surface area contributed by atoms with E-state index >= 15 is 0 Å². The second-order valence-corrected chi connectivity index (χ2v) is 4.29. The zero-order valence-electron chi connectivity index (χ0n) is 10.3. The molecule has 1 aromatic rings. The number of nitro benzene ring substituents is 1. The largest absolute Gasteiger partial charge is 0.319 e. The number of nitro groups is 1. The Morgan fingerprint density at radius 1 is 1.42 bits per heavy atom. The molecule has 1 rings (SSSR count). The minimum Gasteiger partial charge on any atom is -0.319 e. The molecule has 0 saturated carbocycles. The summed E-state index contributed by atoms with van der Waals surface area (Å²) in [5.74, 6) is -0.650. The number of nitriles is 2. The van der Waals surface area contributed by atoms with Crippen LogP contribution >= 0.6 is 0 Å². The van der Waals surface area contributed by atoms with E-state index in [0.29, 0.717) is 0 Å². The summed E-state index contributed by atoms with van der Waals surface area (Å²) in [5, 5.41) is 30.7. The first-order valence-corrected chi connectivity index (χ1v) is 5.23. The molecule has 96 valence electrons. The van der Waals surface area contributed by atoms with Gasteiger partial charge in [0.2, 0.25) is 5.91 Å². The molecule has 0 aliphatic rings.